The standard InChI is InChI=1S/C12H17NO3Si/c1-17(2,3)16-11(14)9-13-12(15)10-7-5-4-6-8-10/h4-8H,9H2,1-3H3,(H,13,15). The van der Waals surface area contributed by atoms with Crippen molar-refractivity contribution in [3.63, 3.8) is 0 Å². The maximum Gasteiger partial charge on any atom is 0.312 e. The van der Waals surface area contributed by atoms with Crippen molar-refractivity contribution < 1.29 is 14.0 Å². The lowest BCUT2D eigenvalue weighted by Crippen LogP contribution is -2.36. The van der Waals surface area contributed by atoms with Crippen molar-refractivity contribution in [1.82, 2.24) is 5.32 Å². The molecule has 0 aliphatic heterocycles. The number of benzene rings is 1. The van der Waals surface area contributed by atoms with Crippen LogP contribution in [0.3, 0.4) is 0 Å². The van der Waals surface area contributed by atoms with Crippen molar-refractivity contribution >= 4 is 20.2 Å². The highest BCUT2D eigenvalue weighted by atomic mass is 28.4. The summed E-state index contributed by atoms with van der Waals surface area (Å²) in [4.78, 5) is 23.0. The molecule has 1 amide bonds. The Morgan fingerprint density at radius 2 is 1.76 bits per heavy atom. The molecule has 1 rings (SSSR count). The molecule has 0 spiro atoms. The van der Waals surface area contributed by atoms with Crippen molar-refractivity contribution in [3.05, 3.63) is 35.9 Å². The van der Waals surface area contributed by atoms with E-state index in [0.29, 0.717) is 5.56 Å². The molecule has 5 heteroatoms. The van der Waals surface area contributed by atoms with Crippen LogP contribution in [0, 0.1) is 0 Å². The molecule has 0 atom stereocenters. The van der Waals surface area contributed by atoms with E-state index in [1.165, 1.54) is 0 Å². The average molecular weight is 251 g/mol. The summed E-state index contributed by atoms with van der Waals surface area (Å²) in [5.41, 5.74) is 0.535. The van der Waals surface area contributed by atoms with Gasteiger partial charge in [0.15, 0.2) is 0 Å². The first-order valence-corrected chi connectivity index (χ1v) is 8.84. The summed E-state index contributed by atoms with van der Waals surface area (Å²) in [6.45, 7) is 5.68. The molecule has 1 N–H and O–H groups in total. The van der Waals surface area contributed by atoms with Gasteiger partial charge in [0.2, 0.25) is 8.32 Å². The molecule has 0 aliphatic rings. The predicted octanol–water partition coefficient (Wildman–Crippen LogP) is 1.79. The molecule has 0 unspecified atom stereocenters. The van der Waals surface area contributed by atoms with Gasteiger partial charge in [-0.1, -0.05) is 18.2 Å². The molecule has 0 bridgehead atoms. The van der Waals surface area contributed by atoms with Crippen LogP contribution in [0.5, 0.6) is 0 Å². The van der Waals surface area contributed by atoms with Gasteiger partial charge in [0.1, 0.15) is 6.54 Å². The normalized spacial score (nSPS) is 10.8. The molecule has 1 aromatic rings. The Labute approximate surface area is 102 Å². The Hall–Kier alpha value is -1.62. The van der Waals surface area contributed by atoms with Gasteiger partial charge < -0.3 is 9.74 Å². The van der Waals surface area contributed by atoms with Crippen molar-refractivity contribution in [3.8, 4) is 0 Å². The van der Waals surface area contributed by atoms with E-state index in [4.69, 9.17) is 4.43 Å². The third-order valence-corrected chi connectivity index (χ3v) is 2.69. The Bertz CT molecular complexity index is 398. The molecule has 17 heavy (non-hydrogen) atoms. The first-order valence-electron chi connectivity index (χ1n) is 5.43. The zero-order valence-corrected chi connectivity index (χ0v) is 11.3. The molecule has 0 aliphatic carbocycles. The van der Waals surface area contributed by atoms with Gasteiger partial charge >= 0.3 is 5.97 Å². The zero-order chi connectivity index (χ0) is 12.9. The molecule has 0 saturated carbocycles. The van der Waals surface area contributed by atoms with E-state index in [9.17, 15) is 9.59 Å². The molecular weight excluding hydrogens is 234 g/mol. The summed E-state index contributed by atoms with van der Waals surface area (Å²) in [6, 6.07) is 8.76. The molecule has 0 aromatic heterocycles. The van der Waals surface area contributed by atoms with Gasteiger partial charge in [-0.2, -0.15) is 0 Å². The van der Waals surface area contributed by atoms with Gasteiger partial charge in [-0.15, -0.1) is 0 Å². The summed E-state index contributed by atoms with van der Waals surface area (Å²) in [5.74, 6) is -0.647. The van der Waals surface area contributed by atoms with Crippen LogP contribution in [0.15, 0.2) is 30.3 Å². The van der Waals surface area contributed by atoms with Crippen LogP contribution >= 0.6 is 0 Å². The number of hydrogen-bond donors (Lipinski definition) is 1. The highest BCUT2D eigenvalue weighted by molar-refractivity contribution is 6.71. The van der Waals surface area contributed by atoms with Crippen molar-refractivity contribution in [2.24, 2.45) is 0 Å². The molecular formula is C12H17NO3Si. The number of carbonyl (C=O) groups is 2. The van der Waals surface area contributed by atoms with E-state index in [2.05, 4.69) is 5.32 Å². The van der Waals surface area contributed by atoms with Crippen molar-refractivity contribution in [1.29, 1.82) is 0 Å². The highest BCUT2D eigenvalue weighted by Crippen LogP contribution is 2.02. The second-order valence-electron chi connectivity index (χ2n) is 4.64. The Kier molecular flexibility index (Phi) is 4.45. The number of nitrogens with one attached hydrogen (secondary N) is 1. The Balaban J connectivity index is 2.42. The van der Waals surface area contributed by atoms with E-state index in [0.717, 1.165) is 0 Å². The fourth-order valence-corrected chi connectivity index (χ4v) is 1.98. The van der Waals surface area contributed by atoms with Crippen LogP contribution in [-0.2, 0) is 9.22 Å². The van der Waals surface area contributed by atoms with Crippen LogP contribution in [0.1, 0.15) is 10.4 Å². The lowest BCUT2D eigenvalue weighted by molar-refractivity contribution is -0.133. The first-order chi connectivity index (χ1) is 7.88. The monoisotopic (exact) mass is 251 g/mol. The summed E-state index contributed by atoms with van der Waals surface area (Å²) in [5, 5.41) is 2.53. The fourth-order valence-electron chi connectivity index (χ4n) is 1.22. The third-order valence-electron chi connectivity index (χ3n) is 1.85. The topological polar surface area (TPSA) is 55.4 Å². The van der Waals surface area contributed by atoms with E-state index in [1.807, 2.05) is 25.7 Å². The van der Waals surface area contributed by atoms with Crippen molar-refractivity contribution in [2.75, 3.05) is 6.54 Å². The number of amides is 1. The Morgan fingerprint density at radius 1 is 1.18 bits per heavy atom. The number of rotatable bonds is 4. The zero-order valence-electron chi connectivity index (χ0n) is 10.3. The molecule has 0 fully saturated rings. The van der Waals surface area contributed by atoms with E-state index in [-0.39, 0.29) is 18.4 Å². The van der Waals surface area contributed by atoms with E-state index >= 15 is 0 Å². The summed E-state index contributed by atoms with van der Waals surface area (Å²) >= 11 is 0. The SMILES string of the molecule is C[Si](C)(C)OC(=O)CNC(=O)c1ccccc1. The van der Waals surface area contributed by atoms with Gasteiger partial charge in [-0.3, -0.25) is 9.59 Å². The first kappa shape index (κ1) is 13.4. The smallest absolute Gasteiger partial charge is 0.312 e. The maximum absolute atomic E-state index is 11.6. The third kappa shape index (κ3) is 5.30. The second kappa shape index (κ2) is 5.63. The molecule has 1 aromatic carbocycles. The van der Waals surface area contributed by atoms with Gasteiger partial charge in [0, 0.05) is 5.56 Å². The number of carbonyl (C=O) groups excluding carboxylic acids is 2. The number of hydrogen-bond acceptors (Lipinski definition) is 3. The van der Waals surface area contributed by atoms with Gasteiger partial charge in [0.05, 0.1) is 0 Å². The second-order valence-corrected chi connectivity index (χ2v) is 9.06. The summed E-state index contributed by atoms with van der Waals surface area (Å²) < 4.78 is 5.21. The molecule has 4 nitrogen and oxygen atoms in total. The molecule has 92 valence electrons. The Morgan fingerprint density at radius 3 is 2.29 bits per heavy atom. The lowest BCUT2D eigenvalue weighted by Gasteiger charge is -2.17. The van der Waals surface area contributed by atoms with Crippen LogP contribution < -0.4 is 5.32 Å². The highest BCUT2D eigenvalue weighted by Gasteiger charge is 2.20. The lowest BCUT2D eigenvalue weighted by atomic mass is 10.2. The fraction of sp³-hybridized carbons (Fsp3) is 0.333. The molecule has 0 saturated heterocycles. The average Bonchev–Trinajstić information content (AvgIpc) is 2.25. The van der Waals surface area contributed by atoms with Gasteiger partial charge in [0.25, 0.3) is 5.91 Å². The quantitative estimate of drug-likeness (QED) is 0.830. The van der Waals surface area contributed by atoms with Crippen molar-refractivity contribution in [2.45, 2.75) is 19.6 Å². The summed E-state index contributed by atoms with van der Waals surface area (Å²) in [6.07, 6.45) is 0. The molecule has 0 heterocycles. The minimum atomic E-state index is -1.87. The van der Waals surface area contributed by atoms with Crippen LogP contribution in [0.25, 0.3) is 0 Å². The van der Waals surface area contributed by atoms with Gasteiger partial charge in [-0.25, -0.2) is 0 Å². The van der Waals surface area contributed by atoms with E-state index < -0.39 is 8.32 Å². The minimum absolute atomic E-state index is 0.0853. The summed E-state index contributed by atoms with van der Waals surface area (Å²) in [7, 11) is -1.87. The minimum Gasteiger partial charge on any atom is -0.519 e. The van der Waals surface area contributed by atoms with Crippen LogP contribution in [0.4, 0.5) is 0 Å². The molecule has 0 radical (unpaired) electrons. The van der Waals surface area contributed by atoms with Gasteiger partial charge in [-0.05, 0) is 31.8 Å². The van der Waals surface area contributed by atoms with Crippen LogP contribution in [0.2, 0.25) is 19.6 Å². The van der Waals surface area contributed by atoms with E-state index in [1.54, 1.807) is 24.3 Å². The predicted molar refractivity (Wildman–Crippen MR) is 68.2 cm³/mol. The van der Waals surface area contributed by atoms with Crippen LogP contribution in [-0.4, -0.2) is 26.7 Å². The largest absolute Gasteiger partial charge is 0.519 e. The maximum atomic E-state index is 11.6.